The molecule has 2 heterocycles. The molecule has 0 aliphatic carbocycles. The molecule has 0 saturated carbocycles. The molecule has 0 unspecified atom stereocenters. The molecule has 1 aromatic carbocycles. The van der Waals surface area contributed by atoms with Crippen molar-refractivity contribution >= 4 is 11.8 Å². The number of carbonyl (C=O) groups excluding carboxylic acids is 2. The molecule has 1 aromatic rings. The maximum absolute atomic E-state index is 13.2. The van der Waals surface area contributed by atoms with Gasteiger partial charge < -0.3 is 9.80 Å². The van der Waals surface area contributed by atoms with Crippen LogP contribution in [0.4, 0.5) is 4.39 Å². The predicted molar refractivity (Wildman–Crippen MR) is 85.0 cm³/mol. The van der Waals surface area contributed by atoms with Crippen LogP contribution in [0.15, 0.2) is 24.3 Å². The Bertz CT molecular complexity index is 602. The lowest BCUT2D eigenvalue weighted by Crippen LogP contribution is -2.43. The van der Waals surface area contributed by atoms with Crippen LogP contribution in [0.5, 0.6) is 0 Å². The molecule has 3 atom stereocenters. The molecule has 124 valence electrons. The summed E-state index contributed by atoms with van der Waals surface area (Å²) in [6.45, 7) is 3.69. The standard InChI is InChI=1S/C18H23FN2O2/c1-12-4-3-9-21(11-12)18(23)15-10-16(22)20(2)17(15)13-5-7-14(19)8-6-13/h5-8,12,15,17H,3-4,9-11H2,1-2H3/t12-,15+,17+/m1/s1. The summed E-state index contributed by atoms with van der Waals surface area (Å²) in [4.78, 5) is 28.7. The highest BCUT2D eigenvalue weighted by molar-refractivity contribution is 5.90. The smallest absolute Gasteiger partial charge is 0.228 e. The van der Waals surface area contributed by atoms with Crippen LogP contribution >= 0.6 is 0 Å². The molecule has 5 heteroatoms. The van der Waals surface area contributed by atoms with Gasteiger partial charge in [0.2, 0.25) is 11.8 Å². The molecule has 4 nitrogen and oxygen atoms in total. The van der Waals surface area contributed by atoms with Gasteiger partial charge >= 0.3 is 0 Å². The Hall–Kier alpha value is -1.91. The molecule has 3 rings (SSSR count). The fourth-order valence-corrected chi connectivity index (χ4v) is 3.83. The lowest BCUT2D eigenvalue weighted by atomic mass is 9.91. The molecular formula is C18H23FN2O2. The Morgan fingerprint density at radius 1 is 1.26 bits per heavy atom. The van der Waals surface area contributed by atoms with Crippen LogP contribution < -0.4 is 0 Å². The first-order valence-electron chi connectivity index (χ1n) is 8.27. The average molecular weight is 318 g/mol. The molecule has 2 fully saturated rings. The van der Waals surface area contributed by atoms with E-state index in [1.54, 1.807) is 24.1 Å². The van der Waals surface area contributed by atoms with Crippen LogP contribution in [0, 0.1) is 17.7 Å². The first-order chi connectivity index (χ1) is 11.0. The number of piperidine rings is 1. The largest absolute Gasteiger partial charge is 0.342 e. The first-order valence-corrected chi connectivity index (χ1v) is 8.27. The third-order valence-electron chi connectivity index (χ3n) is 5.08. The van der Waals surface area contributed by atoms with Crippen LogP contribution in [0.1, 0.15) is 37.8 Å². The van der Waals surface area contributed by atoms with Gasteiger partial charge in [0.15, 0.2) is 0 Å². The summed E-state index contributed by atoms with van der Waals surface area (Å²) < 4.78 is 13.2. The summed E-state index contributed by atoms with van der Waals surface area (Å²) in [5.41, 5.74) is 0.822. The Morgan fingerprint density at radius 3 is 2.61 bits per heavy atom. The van der Waals surface area contributed by atoms with Gasteiger partial charge in [-0.1, -0.05) is 19.1 Å². The third-order valence-corrected chi connectivity index (χ3v) is 5.08. The zero-order chi connectivity index (χ0) is 16.6. The van der Waals surface area contributed by atoms with E-state index in [2.05, 4.69) is 6.92 Å². The van der Waals surface area contributed by atoms with Gasteiger partial charge in [-0.15, -0.1) is 0 Å². The minimum atomic E-state index is -0.372. The van der Waals surface area contributed by atoms with E-state index >= 15 is 0 Å². The molecule has 0 bridgehead atoms. The lowest BCUT2D eigenvalue weighted by Gasteiger charge is -2.34. The second-order valence-electron chi connectivity index (χ2n) is 6.84. The number of rotatable bonds is 2. The maximum atomic E-state index is 13.2. The number of hydrogen-bond acceptors (Lipinski definition) is 2. The maximum Gasteiger partial charge on any atom is 0.228 e. The summed E-state index contributed by atoms with van der Waals surface area (Å²) in [6.07, 6.45) is 2.40. The summed E-state index contributed by atoms with van der Waals surface area (Å²) in [6, 6.07) is 5.82. The van der Waals surface area contributed by atoms with E-state index in [4.69, 9.17) is 0 Å². The van der Waals surface area contributed by atoms with Gasteiger partial charge in [0.1, 0.15) is 5.82 Å². The zero-order valence-corrected chi connectivity index (χ0v) is 13.7. The number of amides is 2. The van der Waals surface area contributed by atoms with Crippen molar-refractivity contribution in [2.75, 3.05) is 20.1 Å². The van der Waals surface area contributed by atoms with Crippen molar-refractivity contribution < 1.29 is 14.0 Å². The molecule has 0 N–H and O–H groups in total. The van der Waals surface area contributed by atoms with Gasteiger partial charge in [0, 0.05) is 26.6 Å². The number of likely N-dealkylation sites (tertiary alicyclic amines) is 2. The number of halogens is 1. The Balaban J connectivity index is 1.85. The Morgan fingerprint density at radius 2 is 1.96 bits per heavy atom. The van der Waals surface area contributed by atoms with E-state index in [0.29, 0.717) is 5.92 Å². The van der Waals surface area contributed by atoms with Crippen LogP contribution in [0.3, 0.4) is 0 Å². The van der Waals surface area contributed by atoms with E-state index < -0.39 is 0 Å². The molecule has 0 spiro atoms. The van der Waals surface area contributed by atoms with Crippen LogP contribution in [0.2, 0.25) is 0 Å². The number of carbonyl (C=O) groups is 2. The highest BCUT2D eigenvalue weighted by Gasteiger charge is 2.44. The highest BCUT2D eigenvalue weighted by Crippen LogP contribution is 2.38. The SMILES string of the molecule is C[C@@H]1CCCN(C(=O)[C@H]2CC(=O)N(C)[C@H]2c2ccc(F)cc2)C1. The van der Waals surface area contributed by atoms with Crippen molar-refractivity contribution in [3.05, 3.63) is 35.6 Å². The van der Waals surface area contributed by atoms with Gasteiger partial charge in [-0.3, -0.25) is 9.59 Å². The van der Waals surface area contributed by atoms with E-state index in [1.807, 2.05) is 4.90 Å². The molecule has 0 aromatic heterocycles. The van der Waals surface area contributed by atoms with Crippen molar-refractivity contribution in [1.29, 1.82) is 0 Å². The van der Waals surface area contributed by atoms with E-state index in [1.165, 1.54) is 12.1 Å². The zero-order valence-electron chi connectivity index (χ0n) is 13.7. The molecule has 2 aliphatic rings. The van der Waals surface area contributed by atoms with Crippen molar-refractivity contribution in [3.63, 3.8) is 0 Å². The Kier molecular flexibility index (Phi) is 4.37. The minimum Gasteiger partial charge on any atom is -0.342 e. The molecule has 2 saturated heterocycles. The van der Waals surface area contributed by atoms with Crippen molar-refractivity contribution in [3.8, 4) is 0 Å². The first kappa shape index (κ1) is 16.0. The fourth-order valence-electron chi connectivity index (χ4n) is 3.83. The van der Waals surface area contributed by atoms with Gasteiger partial charge in [-0.25, -0.2) is 4.39 Å². The van der Waals surface area contributed by atoms with Crippen molar-refractivity contribution in [2.24, 2.45) is 11.8 Å². The monoisotopic (exact) mass is 318 g/mol. The summed E-state index contributed by atoms with van der Waals surface area (Å²) in [5, 5.41) is 0. The van der Waals surface area contributed by atoms with Crippen LogP contribution in [-0.2, 0) is 9.59 Å². The molecule has 2 aliphatic heterocycles. The van der Waals surface area contributed by atoms with E-state index in [9.17, 15) is 14.0 Å². The fraction of sp³-hybridized carbons (Fsp3) is 0.556. The predicted octanol–water partition coefficient (Wildman–Crippen LogP) is 2.60. The highest BCUT2D eigenvalue weighted by atomic mass is 19.1. The Labute approximate surface area is 136 Å². The number of nitrogens with zero attached hydrogens (tertiary/aromatic N) is 2. The van der Waals surface area contributed by atoms with Gasteiger partial charge in [0.05, 0.1) is 12.0 Å². The van der Waals surface area contributed by atoms with E-state index in [0.717, 1.165) is 31.5 Å². The third kappa shape index (κ3) is 3.09. The molecule has 0 radical (unpaired) electrons. The molecular weight excluding hydrogens is 295 g/mol. The van der Waals surface area contributed by atoms with Crippen molar-refractivity contribution in [1.82, 2.24) is 9.80 Å². The van der Waals surface area contributed by atoms with Crippen LogP contribution in [0.25, 0.3) is 0 Å². The second-order valence-corrected chi connectivity index (χ2v) is 6.84. The summed E-state index contributed by atoms with van der Waals surface area (Å²) >= 11 is 0. The normalized spacial score (nSPS) is 28.3. The molecule has 2 amide bonds. The summed E-state index contributed by atoms with van der Waals surface area (Å²) in [7, 11) is 1.72. The topological polar surface area (TPSA) is 40.6 Å². The minimum absolute atomic E-state index is 0.0252. The summed E-state index contributed by atoms with van der Waals surface area (Å²) in [5.74, 6) is -0.144. The second kappa shape index (κ2) is 6.30. The molecule has 23 heavy (non-hydrogen) atoms. The van der Waals surface area contributed by atoms with Gasteiger partial charge in [-0.05, 0) is 36.5 Å². The quantitative estimate of drug-likeness (QED) is 0.841. The average Bonchev–Trinajstić information content (AvgIpc) is 2.83. The van der Waals surface area contributed by atoms with Gasteiger partial charge in [-0.2, -0.15) is 0 Å². The lowest BCUT2D eigenvalue weighted by molar-refractivity contribution is -0.138. The van der Waals surface area contributed by atoms with Crippen LogP contribution in [-0.4, -0.2) is 41.8 Å². The number of benzene rings is 1. The van der Waals surface area contributed by atoms with Crippen molar-refractivity contribution in [2.45, 2.75) is 32.2 Å². The van der Waals surface area contributed by atoms with Gasteiger partial charge in [0.25, 0.3) is 0 Å². The number of hydrogen-bond donors (Lipinski definition) is 0. The van der Waals surface area contributed by atoms with E-state index in [-0.39, 0.29) is 36.0 Å².